The number of aromatic nitrogens is 1. The van der Waals surface area contributed by atoms with E-state index in [0.29, 0.717) is 6.04 Å². The zero-order valence-corrected chi connectivity index (χ0v) is 12.5. The van der Waals surface area contributed by atoms with E-state index in [2.05, 4.69) is 65.8 Å². The number of benzene rings is 2. The molecule has 1 N–H and O–H groups in total. The third-order valence-electron chi connectivity index (χ3n) is 4.07. The van der Waals surface area contributed by atoms with Gasteiger partial charge in [-0.3, -0.25) is 4.98 Å². The van der Waals surface area contributed by atoms with E-state index in [1.807, 2.05) is 19.3 Å². The highest BCUT2D eigenvalue weighted by Crippen LogP contribution is 2.23. The number of pyridine rings is 1. The number of nitrogens with one attached hydrogen (secondary N) is 1. The lowest BCUT2D eigenvalue weighted by molar-refractivity contribution is 0.591. The third-order valence-corrected chi connectivity index (χ3v) is 4.07. The molecule has 0 amide bonds. The second-order valence-electron chi connectivity index (χ2n) is 5.43. The topological polar surface area (TPSA) is 24.9 Å². The Hall–Kier alpha value is -2.19. The minimum atomic E-state index is 0.303. The summed E-state index contributed by atoms with van der Waals surface area (Å²) in [6.45, 7) is 2.17. The molecule has 1 aromatic heterocycles. The summed E-state index contributed by atoms with van der Waals surface area (Å²) in [5.41, 5.74) is 5.07. The quantitative estimate of drug-likeness (QED) is 0.777. The first-order valence-electron chi connectivity index (χ1n) is 7.34. The standard InChI is InChI=1S/C19H20N2/c1-14-6-3-4-7-16(14)12-18(20-2)17-10-9-15-8-5-11-21-19(15)13-17/h3-11,13,18,20H,12H2,1-2H3. The van der Waals surface area contributed by atoms with Crippen molar-refractivity contribution in [3.05, 3.63) is 77.5 Å². The Bertz CT molecular complexity index is 749. The fourth-order valence-corrected chi connectivity index (χ4v) is 2.75. The third kappa shape index (κ3) is 2.96. The molecule has 0 aliphatic carbocycles. The predicted molar refractivity (Wildman–Crippen MR) is 88.4 cm³/mol. The highest BCUT2D eigenvalue weighted by atomic mass is 14.9. The molecular formula is C19H20N2. The smallest absolute Gasteiger partial charge is 0.0705 e. The molecule has 2 nitrogen and oxygen atoms in total. The Morgan fingerprint density at radius 2 is 1.90 bits per heavy atom. The van der Waals surface area contributed by atoms with E-state index < -0.39 is 0 Å². The lowest BCUT2D eigenvalue weighted by atomic mass is 9.95. The second kappa shape index (κ2) is 6.06. The van der Waals surface area contributed by atoms with E-state index in [-0.39, 0.29) is 0 Å². The van der Waals surface area contributed by atoms with Crippen LogP contribution in [0.25, 0.3) is 10.9 Å². The molecule has 3 rings (SSSR count). The van der Waals surface area contributed by atoms with Gasteiger partial charge in [0.25, 0.3) is 0 Å². The van der Waals surface area contributed by atoms with Crippen molar-refractivity contribution in [1.82, 2.24) is 10.3 Å². The van der Waals surface area contributed by atoms with Gasteiger partial charge in [0, 0.05) is 17.6 Å². The molecule has 3 aromatic rings. The van der Waals surface area contributed by atoms with Gasteiger partial charge in [0.2, 0.25) is 0 Å². The molecule has 21 heavy (non-hydrogen) atoms. The summed E-state index contributed by atoms with van der Waals surface area (Å²) in [7, 11) is 2.02. The van der Waals surface area contributed by atoms with Gasteiger partial charge in [-0.1, -0.05) is 42.5 Å². The Morgan fingerprint density at radius 1 is 1.05 bits per heavy atom. The van der Waals surface area contributed by atoms with Gasteiger partial charge < -0.3 is 5.32 Å². The van der Waals surface area contributed by atoms with E-state index in [1.165, 1.54) is 22.1 Å². The van der Waals surface area contributed by atoms with Crippen LogP contribution in [0.1, 0.15) is 22.7 Å². The van der Waals surface area contributed by atoms with Crippen molar-refractivity contribution in [2.45, 2.75) is 19.4 Å². The fourth-order valence-electron chi connectivity index (χ4n) is 2.75. The Balaban J connectivity index is 1.93. The van der Waals surface area contributed by atoms with Gasteiger partial charge in [-0.25, -0.2) is 0 Å². The Morgan fingerprint density at radius 3 is 2.71 bits per heavy atom. The van der Waals surface area contributed by atoms with Crippen molar-refractivity contribution in [2.24, 2.45) is 0 Å². The van der Waals surface area contributed by atoms with E-state index in [1.54, 1.807) is 0 Å². The lowest BCUT2D eigenvalue weighted by Crippen LogP contribution is -2.19. The van der Waals surface area contributed by atoms with Crippen molar-refractivity contribution in [1.29, 1.82) is 0 Å². The first-order valence-corrected chi connectivity index (χ1v) is 7.34. The maximum Gasteiger partial charge on any atom is 0.0705 e. The van der Waals surface area contributed by atoms with E-state index >= 15 is 0 Å². The van der Waals surface area contributed by atoms with Crippen LogP contribution in [0.3, 0.4) is 0 Å². The van der Waals surface area contributed by atoms with Gasteiger partial charge in [0.05, 0.1) is 5.52 Å². The molecule has 0 fully saturated rings. The van der Waals surface area contributed by atoms with Crippen LogP contribution >= 0.6 is 0 Å². The summed E-state index contributed by atoms with van der Waals surface area (Å²) in [6.07, 6.45) is 2.84. The number of likely N-dealkylation sites (N-methyl/N-ethyl adjacent to an activating group) is 1. The summed E-state index contributed by atoms with van der Waals surface area (Å²) in [4.78, 5) is 4.46. The zero-order valence-electron chi connectivity index (χ0n) is 12.5. The SMILES string of the molecule is CNC(Cc1ccccc1C)c1ccc2cccnc2c1. The summed E-state index contributed by atoms with van der Waals surface area (Å²) in [5, 5.41) is 4.62. The van der Waals surface area contributed by atoms with E-state index in [0.717, 1.165) is 11.9 Å². The molecule has 2 heteroatoms. The minimum Gasteiger partial charge on any atom is -0.313 e. The highest BCUT2D eigenvalue weighted by molar-refractivity contribution is 5.79. The predicted octanol–water partition coefficient (Wildman–Crippen LogP) is 4.05. The van der Waals surface area contributed by atoms with Gasteiger partial charge >= 0.3 is 0 Å². The number of nitrogens with zero attached hydrogens (tertiary/aromatic N) is 1. The molecule has 0 radical (unpaired) electrons. The zero-order chi connectivity index (χ0) is 14.7. The van der Waals surface area contributed by atoms with Crippen LogP contribution in [0, 0.1) is 6.92 Å². The average molecular weight is 276 g/mol. The maximum atomic E-state index is 4.46. The normalized spacial score (nSPS) is 12.5. The van der Waals surface area contributed by atoms with Crippen LogP contribution in [0.5, 0.6) is 0 Å². The number of aryl methyl sites for hydroxylation is 1. The van der Waals surface area contributed by atoms with Crippen LogP contribution in [0.2, 0.25) is 0 Å². The number of rotatable bonds is 4. The van der Waals surface area contributed by atoms with Crippen molar-refractivity contribution in [2.75, 3.05) is 7.05 Å². The van der Waals surface area contributed by atoms with Gasteiger partial charge in [-0.05, 0) is 49.2 Å². The van der Waals surface area contributed by atoms with E-state index in [9.17, 15) is 0 Å². The molecule has 2 aromatic carbocycles. The Kier molecular flexibility index (Phi) is 3.98. The van der Waals surface area contributed by atoms with Gasteiger partial charge in [-0.2, -0.15) is 0 Å². The molecule has 1 atom stereocenters. The summed E-state index contributed by atoms with van der Waals surface area (Å²) < 4.78 is 0. The number of hydrogen-bond donors (Lipinski definition) is 1. The molecular weight excluding hydrogens is 256 g/mol. The fraction of sp³-hybridized carbons (Fsp3) is 0.211. The maximum absolute atomic E-state index is 4.46. The van der Waals surface area contributed by atoms with E-state index in [4.69, 9.17) is 0 Å². The highest BCUT2D eigenvalue weighted by Gasteiger charge is 2.12. The van der Waals surface area contributed by atoms with Crippen molar-refractivity contribution in [3.63, 3.8) is 0 Å². The molecule has 1 heterocycles. The number of hydrogen-bond acceptors (Lipinski definition) is 2. The van der Waals surface area contributed by atoms with Crippen molar-refractivity contribution >= 4 is 10.9 Å². The first kappa shape index (κ1) is 13.8. The van der Waals surface area contributed by atoms with Gasteiger partial charge in [0.1, 0.15) is 0 Å². The summed E-state index contributed by atoms with van der Waals surface area (Å²) in [6, 6.07) is 19.5. The number of fused-ring (bicyclic) bond motifs is 1. The van der Waals surface area contributed by atoms with Crippen LogP contribution in [0.4, 0.5) is 0 Å². The summed E-state index contributed by atoms with van der Waals surface area (Å²) in [5.74, 6) is 0. The van der Waals surface area contributed by atoms with Crippen LogP contribution in [-0.2, 0) is 6.42 Å². The molecule has 0 saturated carbocycles. The lowest BCUT2D eigenvalue weighted by Gasteiger charge is -2.18. The molecule has 1 unspecified atom stereocenters. The van der Waals surface area contributed by atoms with Crippen LogP contribution in [0.15, 0.2) is 60.8 Å². The van der Waals surface area contributed by atoms with Crippen LogP contribution < -0.4 is 5.32 Å². The Labute approximate surface area is 125 Å². The van der Waals surface area contributed by atoms with Crippen LogP contribution in [-0.4, -0.2) is 12.0 Å². The molecule has 0 bridgehead atoms. The minimum absolute atomic E-state index is 0.303. The van der Waals surface area contributed by atoms with Crippen molar-refractivity contribution < 1.29 is 0 Å². The van der Waals surface area contributed by atoms with Gasteiger partial charge in [0.15, 0.2) is 0 Å². The molecule has 0 aliphatic rings. The molecule has 0 saturated heterocycles. The second-order valence-corrected chi connectivity index (χ2v) is 5.43. The molecule has 0 aliphatic heterocycles. The average Bonchev–Trinajstić information content (AvgIpc) is 2.54. The van der Waals surface area contributed by atoms with Gasteiger partial charge in [-0.15, -0.1) is 0 Å². The largest absolute Gasteiger partial charge is 0.313 e. The molecule has 106 valence electrons. The molecule has 0 spiro atoms. The monoisotopic (exact) mass is 276 g/mol. The first-order chi connectivity index (χ1) is 10.3. The summed E-state index contributed by atoms with van der Waals surface area (Å²) >= 11 is 0. The van der Waals surface area contributed by atoms with Crippen molar-refractivity contribution in [3.8, 4) is 0 Å².